The smallest absolute Gasteiger partial charge is 0.323 e. The number of anilines is 3. The lowest BCUT2D eigenvalue weighted by Gasteiger charge is -2.29. The fourth-order valence-corrected chi connectivity index (χ4v) is 4.54. The summed E-state index contributed by atoms with van der Waals surface area (Å²) in [6.45, 7) is 5.79. The molecule has 0 saturated carbocycles. The van der Waals surface area contributed by atoms with Gasteiger partial charge in [-0.3, -0.25) is 9.59 Å². The molecule has 0 bridgehead atoms. The van der Waals surface area contributed by atoms with Crippen LogP contribution in [0.15, 0.2) is 72.8 Å². The molecule has 0 unspecified atom stereocenters. The summed E-state index contributed by atoms with van der Waals surface area (Å²) >= 11 is 0. The van der Waals surface area contributed by atoms with Crippen molar-refractivity contribution in [3.8, 4) is 0 Å². The highest BCUT2D eigenvalue weighted by atomic mass is 16.5. The third kappa shape index (κ3) is 9.57. The number of morpholine rings is 1. The van der Waals surface area contributed by atoms with Crippen molar-refractivity contribution in [2.24, 2.45) is 0 Å². The molecule has 11 heteroatoms. The van der Waals surface area contributed by atoms with Gasteiger partial charge in [0.1, 0.15) is 0 Å². The van der Waals surface area contributed by atoms with E-state index in [9.17, 15) is 19.2 Å². The van der Waals surface area contributed by atoms with Gasteiger partial charge in [-0.1, -0.05) is 42.5 Å². The van der Waals surface area contributed by atoms with E-state index < -0.39 is 12.0 Å². The number of ether oxygens (including phenoxy) is 2. The van der Waals surface area contributed by atoms with Crippen LogP contribution in [0.1, 0.15) is 36.1 Å². The first-order valence-corrected chi connectivity index (χ1v) is 14.2. The second-order valence-electron chi connectivity index (χ2n) is 10.0. The van der Waals surface area contributed by atoms with Crippen molar-refractivity contribution >= 4 is 41.0 Å². The van der Waals surface area contributed by atoms with Gasteiger partial charge in [-0.25, -0.2) is 9.59 Å². The second-order valence-corrected chi connectivity index (χ2v) is 10.0. The van der Waals surface area contributed by atoms with Gasteiger partial charge in [0.15, 0.2) is 0 Å². The first kappa shape index (κ1) is 31.0. The number of nitrogens with zero attached hydrogens (tertiary/aromatic N) is 1. The number of rotatable bonds is 10. The molecule has 1 aliphatic heterocycles. The molecule has 1 saturated heterocycles. The lowest BCUT2D eigenvalue weighted by atomic mass is 10.0. The molecular formula is C32H37N5O6. The van der Waals surface area contributed by atoms with E-state index in [2.05, 4.69) is 21.3 Å². The van der Waals surface area contributed by atoms with Crippen LogP contribution in [0.5, 0.6) is 0 Å². The fraction of sp³-hybridized carbons (Fsp3) is 0.312. The maximum Gasteiger partial charge on any atom is 0.323 e. The van der Waals surface area contributed by atoms with Crippen molar-refractivity contribution in [3.05, 3.63) is 89.5 Å². The van der Waals surface area contributed by atoms with Gasteiger partial charge in [0, 0.05) is 30.2 Å². The minimum atomic E-state index is -0.593. The predicted molar refractivity (Wildman–Crippen MR) is 164 cm³/mol. The van der Waals surface area contributed by atoms with Gasteiger partial charge in [-0.05, 0) is 60.9 Å². The summed E-state index contributed by atoms with van der Waals surface area (Å²) in [4.78, 5) is 51.7. The third-order valence-electron chi connectivity index (χ3n) is 6.84. The van der Waals surface area contributed by atoms with E-state index in [4.69, 9.17) is 9.47 Å². The van der Waals surface area contributed by atoms with Gasteiger partial charge < -0.3 is 35.6 Å². The van der Waals surface area contributed by atoms with Crippen molar-refractivity contribution in [2.45, 2.75) is 32.7 Å². The van der Waals surface area contributed by atoms with Gasteiger partial charge in [0.25, 0.3) is 0 Å². The maximum absolute atomic E-state index is 12.8. The molecule has 11 nitrogen and oxygen atoms in total. The van der Waals surface area contributed by atoms with E-state index >= 15 is 0 Å². The van der Waals surface area contributed by atoms with E-state index in [1.807, 2.05) is 31.2 Å². The average Bonchev–Trinajstić information content (AvgIpc) is 3.00. The lowest BCUT2D eigenvalue weighted by Crippen LogP contribution is -2.47. The normalized spacial score (nSPS) is 13.4. The Morgan fingerprint density at radius 1 is 0.860 bits per heavy atom. The molecule has 0 spiro atoms. The molecule has 4 N–H and O–H groups in total. The number of esters is 1. The molecule has 226 valence electrons. The summed E-state index contributed by atoms with van der Waals surface area (Å²) in [5.74, 6) is -0.630. The highest BCUT2D eigenvalue weighted by molar-refractivity contribution is 6.00. The maximum atomic E-state index is 12.8. The highest BCUT2D eigenvalue weighted by Crippen LogP contribution is 2.21. The quantitative estimate of drug-likeness (QED) is 0.250. The Bertz CT molecular complexity index is 1400. The van der Waals surface area contributed by atoms with Crippen molar-refractivity contribution in [1.29, 1.82) is 0 Å². The van der Waals surface area contributed by atoms with Crippen LogP contribution in [-0.2, 0) is 25.5 Å². The summed E-state index contributed by atoms with van der Waals surface area (Å²) in [7, 11) is 0. The molecule has 1 aliphatic rings. The van der Waals surface area contributed by atoms with E-state index in [1.165, 1.54) is 0 Å². The monoisotopic (exact) mass is 587 g/mol. The zero-order valence-corrected chi connectivity index (χ0v) is 24.4. The number of carbonyl (C=O) groups is 4. The highest BCUT2D eigenvalue weighted by Gasteiger charge is 2.24. The number of urea groups is 2. The number of hydrogen-bond acceptors (Lipinski definition) is 6. The number of para-hydroxylation sites is 1. The Morgan fingerprint density at radius 3 is 2.19 bits per heavy atom. The minimum Gasteiger partial charge on any atom is -0.466 e. The summed E-state index contributed by atoms with van der Waals surface area (Å²) in [6.07, 6.45) is 0.118. The molecule has 1 atom stereocenters. The first-order valence-electron chi connectivity index (χ1n) is 14.2. The number of amides is 5. The van der Waals surface area contributed by atoms with E-state index in [1.54, 1.807) is 60.4 Å². The number of carbonyl (C=O) groups excluding carboxylic acids is 4. The van der Waals surface area contributed by atoms with E-state index in [-0.39, 0.29) is 37.4 Å². The zero-order chi connectivity index (χ0) is 30.6. The van der Waals surface area contributed by atoms with Crippen LogP contribution in [0.2, 0.25) is 0 Å². The second kappa shape index (κ2) is 15.4. The van der Waals surface area contributed by atoms with E-state index in [0.29, 0.717) is 43.2 Å². The number of hydrogen-bond donors (Lipinski definition) is 4. The van der Waals surface area contributed by atoms with Crippen LogP contribution in [0.25, 0.3) is 0 Å². The largest absolute Gasteiger partial charge is 0.466 e. The SMILES string of the molecule is CCOC(=O)C[C@@H](NC(=O)N1CCOCC1)c1ccc(NC(=O)Cc2ccc(NC(=O)Nc3ccccc3C)cc2)cc1. The Hall–Kier alpha value is -4.90. The predicted octanol–water partition coefficient (Wildman–Crippen LogP) is 4.86. The van der Waals surface area contributed by atoms with Crippen LogP contribution in [0.4, 0.5) is 26.7 Å². The topological polar surface area (TPSA) is 138 Å². The van der Waals surface area contributed by atoms with Gasteiger partial charge in [0.05, 0.1) is 38.7 Å². The summed E-state index contributed by atoms with van der Waals surface area (Å²) < 4.78 is 10.4. The van der Waals surface area contributed by atoms with Crippen molar-refractivity contribution in [2.75, 3.05) is 48.9 Å². The molecule has 1 heterocycles. The molecule has 0 radical (unpaired) electrons. The van der Waals surface area contributed by atoms with Crippen molar-refractivity contribution in [1.82, 2.24) is 10.2 Å². The molecule has 3 aromatic rings. The molecule has 0 aromatic heterocycles. The molecular weight excluding hydrogens is 550 g/mol. The Labute approximate surface area is 250 Å². The summed E-state index contributed by atoms with van der Waals surface area (Å²) in [6, 6.07) is 20.3. The first-order chi connectivity index (χ1) is 20.8. The zero-order valence-electron chi connectivity index (χ0n) is 24.4. The Morgan fingerprint density at radius 2 is 1.51 bits per heavy atom. The Balaban J connectivity index is 1.30. The van der Waals surface area contributed by atoms with Crippen LogP contribution in [0, 0.1) is 6.92 Å². The van der Waals surface area contributed by atoms with Gasteiger partial charge in [-0.2, -0.15) is 0 Å². The average molecular weight is 588 g/mol. The minimum absolute atomic E-state index is 0.0198. The van der Waals surface area contributed by atoms with Gasteiger partial charge in [0.2, 0.25) is 5.91 Å². The van der Waals surface area contributed by atoms with Crippen molar-refractivity contribution < 1.29 is 28.7 Å². The lowest BCUT2D eigenvalue weighted by molar-refractivity contribution is -0.143. The van der Waals surface area contributed by atoms with Crippen LogP contribution < -0.4 is 21.3 Å². The van der Waals surface area contributed by atoms with Gasteiger partial charge >= 0.3 is 18.0 Å². The number of aryl methyl sites for hydroxylation is 1. The molecule has 3 aromatic carbocycles. The van der Waals surface area contributed by atoms with Crippen LogP contribution >= 0.6 is 0 Å². The Kier molecular flexibility index (Phi) is 11.1. The van der Waals surface area contributed by atoms with Crippen LogP contribution in [0.3, 0.4) is 0 Å². The van der Waals surface area contributed by atoms with Crippen molar-refractivity contribution in [3.63, 3.8) is 0 Å². The summed E-state index contributed by atoms with van der Waals surface area (Å²) in [5.41, 5.74) is 4.36. The molecule has 43 heavy (non-hydrogen) atoms. The number of benzene rings is 3. The molecule has 0 aliphatic carbocycles. The molecule has 5 amide bonds. The number of nitrogens with one attached hydrogen (secondary N) is 4. The fourth-order valence-electron chi connectivity index (χ4n) is 4.54. The van der Waals surface area contributed by atoms with E-state index in [0.717, 1.165) is 16.8 Å². The van der Waals surface area contributed by atoms with Crippen LogP contribution in [-0.4, -0.2) is 61.7 Å². The molecule has 4 rings (SSSR count). The summed E-state index contributed by atoms with van der Waals surface area (Å²) in [5, 5.41) is 11.4. The third-order valence-corrected chi connectivity index (χ3v) is 6.84. The van der Waals surface area contributed by atoms with Gasteiger partial charge in [-0.15, -0.1) is 0 Å². The molecule has 1 fully saturated rings. The standard InChI is InChI=1S/C32H37N5O6/c1-3-43-30(39)21-28(36-32(41)37-16-18-42-19-17-37)24-10-14-25(15-11-24)33-29(38)20-23-8-12-26(13-9-23)34-31(40)35-27-7-5-4-6-22(27)2/h4-15,28H,3,16-21H2,1-2H3,(H,33,38)(H,36,41)(H2,34,35,40)/t28-/m1/s1.